The monoisotopic (exact) mass is 330 g/mol. The Morgan fingerprint density at radius 1 is 1.12 bits per heavy atom. The molecule has 1 fully saturated rings. The van der Waals surface area contributed by atoms with Gasteiger partial charge >= 0.3 is 0 Å². The number of nitrogens with one attached hydrogen (secondary N) is 1. The lowest BCUT2D eigenvalue weighted by atomic mass is 9.93. The number of carbonyl (C=O) groups is 1. The van der Waals surface area contributed by atoms with Gasteiger partial charge in [0, 0.05) is 19.0 Å². The number of hydrogen-bond donors (Lipinski definition) is 1. The second kappa shape index (κ2) is 9.22. The highest BCUT2D eigenvalue weighted by molar-refractivity contribution is 5.77. The minimum Gasteiger partial charge on any atom is -0.340 e. The van der Waals surface area contributed by atoms with Crippen molar-refractivity contribution in [3.8, 4) is 0 Å². The van der Waals surface area contributed by atoms with E-state index in [0.29, 0.717) is 24.3 Å². The molecule has 1 N–H and O–H groups in total. The Hall–Kier alpha value is -1.35. The minimum atomic E-state index is 0.278. The summed E-state index contributed by atoms with van der Waals surface area (Å²) in [5.74, 6) is 1.15. The molecule has 1 atom stereocenters. The average Bonchev–Trinajstić information content (AvgIpc) is 2.60. The van der Waals surface area contributed by atoms with E-state index in [1.807, 2.05) is 0 Å². The van der Waals surface area contributed by atoms with Gasteiger partial charge in [0.05, 0.1) is 0 Å². The van der Waals surface area contributed by atoms with Crippen LogP contribution in [0.25, 0.3) is 0 Å². The molecule has 0 aromatic heterocycles. The molecule has 0 aliphatic carbocycles. The van der Waals surface area contributed by atoms with Crippen LogP contribution in [0.5, 0.6) is 0 Å². The van der Waals surface area contributed by atoms with Crippen LogP contribution in [0.3, 0.4) is 0 Å². The van der Waals surface area contributed by atoms with Gasteiger partial charge in [-0.3, -0.25) is 4.79 Å². The third-order valence-corrected chi connectivity index (χ3v) is 5.19. The zero-order chi connectivity index (χ0) is 17.5. The summed E-state index contributed by atoms with van der Waals surface area (Å²) < 4.78 is 0. The highest BCUT2D eigenvalue weighted by atomic mass is 16.2. The molecule has 1 unspecified atom stereocenters. The molecule has 1 aliphatic rings. The zero-order valence-electron chi connectivity index (χ0n) is 15.8. The molecule has 3 nitrogen and oxygen atoms in total. The molecular formula is C21H34N2O. The van der Waals surface area contributed by atoms with Crippen LogP contribution in [-0.4, -0.2) is 36.5 Å². The topological polar surface area (TPSA) is 32.3 Å². The van der Waals surface area contributed by atoms with Crippen molar-refractivity contribution in [1.29, 1.82) is 0 Å². The highest BCUT2D eigenvalue weighted by Crippen LogP contribution is 2.24. The number of amides is 1. The number of nitrogens with zero attached hydrogens (tertiary/aromatic N) is 1. The first kappa shape index (κ1) is 19.0. The van der Waals surface area contributed by atoms with Crippen molar-refractivity contribution >= 4 is 5.91 Å². The molecule has 0 saturated carbocycles. The van der Waals surface area contributed by atoms with Crippen molar-refractivity contribution in [2.75, 3.05) is 19.6 Å². The maximum absolute atomic E-state index is 12.9. The van der Waals surface area contributed by atoms with Crippen molar-refractivity contribution in [3.63, 3.8) is 0 Å². The van der Waals surface area contributed by atoms with E-state index in [9.17, 15) is 4.79 Å². The Kier molecular flexibility index (Phi) is 7.29. The molecule has 1 aromatic rings. The summed E-state index contributed by atoms with van der Waals surface area (Å²) in [5, 5.41) is 3.39. The number of piperidine rings is 1. The molecule has 0 radical (unpaired) electrons. The van der Waals surface area contributed by atoms with E-state index in [1.54, 1.807) is 0 Å². The van der Waals surface area contributed by atoms with E-state index in [4.69, 9.17) is 0 Å². The van der Waals surface area contributed by atoms with Gasteiger partial charge in [-0.15, -0.1) is 0 Å². The van der Waals surface area contributed by atoms with E-state index in [1.165, 1.54) is 11.1 Å². The van der Waals surface area contributed by atoms with Crippen LogP contribution in [0, 0.1) is 0 Å². The van der Waals surface area contributed by atoms with Gasteiger partial charge in [-0.2, -0.15) is 0 Å². The second-order valence-corrected chi connectivity index (χ2v) is 7.49. The van der Waals surface area contributed by atoms with Gasteiger partial charge in [-0.25, -0.2) is 0 Å². The maximum atomic E-state index is 12.9. The van der Waals surface area contributed by atoms with Crippen LogP contribution < -0.4 is 5.32 Å². The lowest BCUT2D eigenvalue weighted by molar-refractivity contribution is -0.134. The quantitative estimate of drug-likeness (QED) is 0.808. The highest BCUT2D eigenvalue weighted by Gasteiger charge is 2.25. The SMILES string of the molecule is CCCN(C(=O)CC(C)c1ccc(C(C)C)cc1)C1CCNCC1. The van der Waals surface area contributed by atoms with E-state index < -0.39 is 0 Å². The molecule has 0 spiro atoms. The molecule has 1 heterocycles. The number of carbonyl (C=O) groups excluding carboxylic acids is 1. The van der Waals surface area contributed by atoms with Crippen molar-refractivity contribution < 1.29 is 4.79 Å². The Morgan fingerprint density at radius 2 is 1.71 bits per heavy atom. The molecule has 1 saturated heterocycles. The molecule has 3 heteroatoms. The van der Waals surface area contributed by atoms with Crippen molar-refractivity contribution in [2.24, 2.45) is 0 Å². The first-order valence-corrected chi connectivity index (χ1v) is 9.63. The summed E-state index contributed by atoms with van der Waals surface area (Å²) in [7, 11) is 0. The lowest BCUT2D eigenvalue weighted by Gasteiger charge is -2.35. The summed E-state index contributed by atoms with van der Waals surface area (Å²) in [4.78, 5) is 15.0. The lowest BCUT2D eigenvalue weighted by Crippen LogP contribution is -2.46. The fourth-order valence-corrected chi connectivity index (χ4v) is 3.58. The van der Waals surface area contributed by atoms with E-state index in [0.717, 1.165) is 38.9 Å². The average molecular weight is 331 g/mol. The Morgan fingerprint density at radius 3 is 2.25 bits per heavy atom. The zero-order valence-corrected chi connectivity index (χ0v) is 15.8. The first-order valence-electron chi connectivity index (χ1n) is 9.63. The summed E-state index contributed by atoms with van der Waals surface area (Å²) in [6.07, 6.45) is 3.82. The summed E-state index contributed by atoms with van der Waals surface area (Å²) >= 11 is 0. The van der Waals surface area contributed by atoms with E-state index in [2.05, 4.69) is 62.2 Å². The molecule has 0 bridgehead atoms. The Balaban J connectivity index is 1.99. The van der Waals surface area contributed by atoms with Gasteiger partial charge in [-0.05, 0) is 55.3 Å². The molecule has 2 rings (SSSR count). The van der Waals surface area contributed by atoms with E-state index >= 15 is 0 Å². The van der Waals surface area contributed by atoms with Gasteiger partial charge in [0.25, 0.3) is 0 Å². The molecule has 134 valence electrons. The molecular weight excluding hydrogens is 296 g/mol. The van der Waals surface area contributed by atoms with Gasteiger partial charge in [0.2, 0.25) is 5.91 Å². The fourth-order valence-electron chi connectivity index (χ4n) is 3.58. The standard InChI is InChI=1S/C21H34N2O/c1-5-14-23(20-10-12-22-13-11-20)21(24)15-17(4)19-8-6-18(7-9-19)16(2)3/h6-9,16-17,20,22H,5,10-15H2,1-4H3. The fraction of sp³-hybridized carbons (Fsp3) is 0.667. The van der Waals surface area contributed by atoms with Crippen molar-refractivity contribution in [1.82, 2.24) is 10.2 Å². The third kappa shape index (κ3) is 5.07. The minimum absolute atomic E-state index is 0.278. The van der Waals surface area contributed by atoms with Crippen LogP contribution in [0.15, 0.2) is 24.3 Å². The van der Waals surface area contributed by atoms with Crippen LogP contribution in [0.1, 0.15) is 76.3 Å². The maximum Gasteiger partial charge on any atom is 0.223 e. The van der Waals surface area contributed by atoms with E-state index in [-0.39, 0.29) is 5.92 Å². The van der Waals surface area contributed by atoms with Gasteiger partial charge < -0.3 is 10.2 Å². The van der Waals surface area contributed by atoms with Gasteiger partial charge in [0.1, 0.15) is 0 Å². The normalized spacial score (nSPS) is 17.0. The number of rotatable bonds is 7. The first-order chi connectivity index (χ1) is 11.5. The predicted octanol–water partition coefficient (Wildman–Crippen LogP) is 4.29. The third-order valence-electron chi connectivity index (χ3n) is 5.19. The van der Waals surface area contributed by atoms with Crippen LogP contribution >= 0.6 is 0 Å². The molecule has 1 aliphatic heterocycles. The summed E-state index contributed by atoms with van der Waals surface area (Å²) in [6, 6.07) is 9.23. The van der Waals surface area contributed by atoms with Crippen molar-refractivity contribution in [3.05, 3.63) is 35.4 Å². The summed E-state index contributed by atoms with van der Waals surface area (Å²) in [5.41, 5.74) is 2.63. The van der Waals surface area contributed by atoms with Crippen LogP contribution in [0.4, 0.5) is 0 Å². The molecule has 1 amide bonds. The van der Waals surface area contributed by atoms with Crippen molar-refractivity contribution in [2.45, 2.75) is 71.3 Å². The largest absolute Gasteiger partial charge is 0.340 e. The Labute approximate surface area is 147 Å². The Bertz CT molecular complexity index is 503. The predicted molar refractivity (Wildman–Crippen MR) is 101 cm³/mol. The van der Waals surface area contributed by atoms with Crippen LogP contribution in [0.2, 0.25) is 0 Å². The summed E-state index contributed by atoms with van der Waals surface area (Å²) in [6.45, 7) is 11.7. The number of hydrogen-bond acceptors (Lipinski definition) is 2. The number of benzene rings is 1. The van der Waals surface area contributed by atoms with Gasteiger partial charge in [0.15, 0.2) is 0 Å². The van der Waals surface area contributed by atoms with Gasteiger partial charge in [-0.1, -0.05) is 52.0 Å². The smallest absolute Gasteiger partial charge is 0.223 e. The molecule has 1 aromatic carbocycles. The molecule has 24 heavy (non-hydrogen) atoms. The van der Waals surface area contributed by atoms with Crippen LogP contribution in [-0.2, 0) is 4.79 Å². The second-order valence-electron chi connectivity index (χ2n) is 7.49.